The number of aliphatic imine (C=N–C) groups is 1. The topological polar surface area (TPSA) is 60.5 Å². The molecule has 5 nitrogen and oxygen atoms in total. The number of hydrogen-bond acceptors (Lipinski definition) is 5. The van der Waals surface area contributed by atoms with Gasteiger partial charge in [-0.3, -0.25) is 4.99 Å². The zero-order valence-corrected chi connectivity index (χ0v) is 21.5. The maximum atomic E-state index is 4.74. The van der Waals surface area contributed by atoms with Gasteiger partial charge in [-0.1, -0.05) is 56.8 Å². The van der Waals surface area contributed by atoms with Gasteiger partial charge in [0.1, 0.15) is 0 Å². The summed E-state index contributed by atoms with van der Waals surface area (Å²) in [4.78, 5) is 4.74. The number of allylic oxidation sites excluding steroid dienone is 2. The molecule has 0 saturated carbocycles. The first-order valence-electron chi connectivity index (χ1n) is 12.8. The van der Waals surface area contributed by atoms with Crippen LogP contribution in [0.15, 0.2) is 71.5 Å². The third kappa shape index (κ3) is 9.55. The minimum atomic E-state index is 0.680. The summed E-state index contributed by atoms with van der Waals surface area (Å²) in [6.45, 7) is 14.5. The molecule has 2 aromatic rings. The second kappa shape index (κ2) is 14.3. The van der Waals surface area contributed by atoms with Gasteiger partial charge in [0.2, 0.25) is 0 Å². The molecule has 0 radical (unpaired) electrons. The van der Waals surface area contributed by atoms with Gasteiger partial charge in [0.25, 0.3) is 0 Å². The Balaban J connectivity index is 1.69. The molecule has 5 heteroatoms. The Morgan fingerprint density at radius 2 is 1.86 bits per heavy atom. The van der Waals surface area contributed by atoms with E-state index in [1.54, 1.807) is 0 Å². The van der Waals surface area contributed by atoms with Crippen LogP contribution in [0.4, 0.5) is 5.69 Å². The van der Waals surface area contributed by atoms with E-state index >= 15 is 0 Å². The molecule has 0 atom stereocenters. The Morgan fingerprint density at radius 3 is 2.66 bits per heavy atom. The fourth-order valence-electron chi connectivity index (χ4n) is 3.82. The Kier molecular flexibility index (Phi) is 10.8. The summed E-state index contributed by atoms with van der Waals surface area (Å²) >= 11 is 0. The highest BCUT2D eigenvalue weighted by Crippen LogP contribution is 2.29. The number of nitrogens with one attached hydrogen (secondary N) is 4. The van der Waals surface area contributed by atoms with Gasteiger partial charge < -0.3 is 16.1 Å². The van der Waals surface area contributed by atoms with Crippen LogP contribution < -0.4 is 21.5 Å². The summed E-state index contributed by atoms with van der Waals surface area (Å²) in [6.07, 6.45) is 11.5. The molecular weight excluding hydrogens is 430 g/mol. The molecule has 2 aromatic carbocycles. The number of hydrazine groups is 1. The van der Waals surface area contributed by atoms with E-state index in [1.807, 2.05) is 12.3 Å². The SMILES string of the molecule is C=C1/C=C\c2cc(-c3ccc(/C=C(\C)NCCNCC(C)C)cc3)ccc2N=CCCCCNN1. The second-order valence-corrected chi connectivity index (χ2v) is 9.47. The van der Waals surface area contributed by atoms with Gasteiger partial charge in [-0.25, -0.2) is 5.43 Å². The average molecular weight is 472 g/mol. The zero-order valence-electron chi connectivity index (χ0n) is 21.5. The lowest BCUT2D eigenvalue weighted by Crippen LogP contribution is -2.30. The van der Waals surface area contributed by atoms with Gasteiger partial charge in [0.15, 0.2) is 0 Å². The quantitative estimate of drug-likeness (QED) is 0.354. The van der Waals surface area contributed by atoms with E-state index in [2.05, 4.69) is 103 Å². The Labute approximate surface area is 211 Å². The van der Waals surface area contributed by atoms with Crippen molar-refractivity contribution in [2.75, 3.05) is 26.2 Å². The van der Waals surface area contributed by atoms with Crippen LogP contribution in [0.5, 0.6) is 0 Å². The van der Waals surface area contributed by atoms with Crippen LogP contribution in [0.2, 0.25) is 0 Å². The van der Waals surface area contributed by atoms with Gasteiger partial charge >= 0.3 is 0 Å². The first-order chi connectivity index (χ1) is 17.0. The molecule has 0 aromatic heterocycles. The monoisotopic (exact) mass is 471 g/mol. The highest BCUT2D eigenvalue weighted by Gasteiger charge is 2.04. The maximum Gasteiger partial charge on any atom is 0.0698 e. The van der Waals surface area contributed by atoms with Crippen LogP contribution in [-0.2, 0) is 0 Å². The Morgan fingerprint density at radius 1 is 1.06 bits per heavy atom. The smallest absolute Gasteiger partial charge is 0.0698 e. The standard InChI is InChI=1S/C30H41N5/c1-23(2)22-31-18-19-32-25(4)20-26-9-12-27(13-10-26)28-14-15-30-29(21-28)11-8-24(3)35-34-17-7-5-6-16-33-30/h8-16,20-21,23,31-32,34-35H,3,5-7,17-19,22H2,1-2,4H3/b11-8-,25-20+,33-16?. The molecule has 0 unspecified atom stereocenters. The van der Waals surface area contributed by atoms with E-state index in [9.17, 15) is 0 Å². The minimum absolute atomic E-state index is 0.680. The van der Waals surface area contributed by atoms with E-state index in [-0.39, 0.29) is 0 Å². The minimum Gasteiger partial charge on any atom is -0.387 e. The molecule has 3 rings (SSSR count). The molecule has 0 fully saturated rings. The fourth-order valence-corrected chi connectivity index (χ4v) is 3.82. The molecule has 1 aliphatic rings. The van der Waals surface area contributed by atoms with E-state index in [0.29, 0.717) is 5.92 Å². The molecular formula is C30H41N5. The van der Waals surface area contributed by atoms with Crippen molar-refractivity contribution in [1.82, 2.24) is 21.5 Å². The molecule has 0 bridgehead atoms. The predicted octanol–water partition coefficient (Wildman–Crippen LogP) is 6.06. The molecule has 1 heterocycles. The summed E-state index contributed by atoms with van der Waals surface area (Å²) in [6, 6.07) is 15.2. The van der Waals surface area contributed by atoms with Crippen LogP contribution in [0.3, 0.4) is 0 Å². The predicted molar refractivity (Wildman–Crippen MR) is 153 cm³/mol. The van der Waals surface area contributed by atoms with Crippen LogP contribution in [0, 0.1) is 5.92 Å². The number of hydrogen-bond donors (Lipinski definition) is 4. The molecule has 0 amide bonds. The largest absolute Gasteiger partial charge is 0.387 e. The van der Waals surface area contributed by atoms with Gasteiger partial charge in [-0.05, 0) is 79.6 Å². The normalized spacial score (nSPS) is 16.0. The number of rotatable bonds is 8. The van der Waals surface area contributed by atoms with E-state index in [1.165, 1.54) is 22.4 Å². The molecule has 186 valence electrons. The first kappa shape index (κ1) is 26.5. The molecule has 35 heavy (non-hydrogen) atoms. The van der Waals surface area contributed by atoms with Gasteiger partial charge in [-0.15, -0.1) is 0 Å². The van der Waals surface area contributed by atoms with Crippen molar-refractivity contribution in [2.45, 2.75) is 40.0 Å². The zero-order chi connectivity index (χ0) is 24.9. The van der Waals surface area contributed by atoms with Crippen molar-refractivity contribution < 1.29 is 0 Å². The van der Waals surface area contributed by atoms with Crippen molar-refractivity contribution in [3.05, 3.63) is 77.6 Å². The van der Waals surface area contributed by atoms with Crippen LogP contribution in [-0.4, -0.2) is 32.4 Å². The molecule has 0 spiro atoms. The molecule has 0 saturated heterocycles. The number of nitrogens with zero attached hydrogens (tertiary/aromatic N) is 1. The first-order valence-corrected chi connectivity index (χ1v) is 12.8. The highest BCUT2D eigenvalue weighted by molar-refractivity contribution is 5.77. The van der Waals surface area contributed by atoms with Gasteiger partial charge in [0.05, 0.1) is 5.69 Å². The molecule has 0 aliphatic carbocycles. The van der Waals surface area contributed by atoms with Crippen LogP contribution in [0.25, 0.3) is 23.3 Å². The van der Waals surface area contributed by atoms with E-state index in [4.69, 9.17) is 4.99 Å². The lowest BCUT2D eigenvalue weighted by atomic mass is 10.00. The number of fused-ring (bicyclic) bond motifs is 1. The van der Waals surface area contributed by atoms with E-state index in [0.717, 1.165) is 62.4 Å². The lowest BCUT2D eigenvalue weighted by molar-refractivity contribution is 0.547. The van der Waals surface area contributed by atoms with E-state index < -0.39 is 0 Å². The number of benzene rings is 2. The van der Waals surface area contributed by atoms with Crippen LogP contribution in [0.1, 0.15) is 51.2 Å². The summed E-state index contributed by atoms with van der Waals surface area (Å²) in [5.41, 5.74) is 14.0. The second-order valence-electron chi connectivity index (χ2n) is 9.47. The lowest BCUT2D eigenvalue weighted by Gasteiger charge is -2.10. The summed E-state index contributed by atoms with van der Waals surface area (Å²) in [5, 5.41) is 6.94. The summed E-state index contributed by atoms with van der Waals surface area (Å²) in [5.74, 6) is 0.680. The summed E-state index contributed by atoms with van der Waals surface area (Å²) in [7, 11) is 0. The molecule has 1 aliphatic heterocycles. The van der Waals surface area contributed by atoms with Gasteiger partial charge in [-0.2, -0.15) is 0 Å². The Bertz CT molecular complexity index is 1030. The van der Waals surface area contributed by atoms with Crippen molar-refractivity contribution in [2.24, 2.45) is 10.9 Å². The van der Waals surface area contributed by atoms with Crippen molar-refractivity contribution >= 4 is 24.1 Å². The third-order valence-corrected chi connectivity index (χ3v) is 5.74. The third-order valence-electron chi connectivity index (χ3n) is 5.74. The van der Waals surface area contributed by atoms with Crippen LogP contribution >= 0.6 is 0 Å². The van der Waals surface area contributed by atoms with Gasteiger partial charge in [0, 0.05) is 42.8 Å². The highest BCUT2D eigenvalue weighted by atomic mass is 15.3. The maximum absolute atomic E-state index is 4.74. The summed E-state index contributed by atoms with van der Waals surface area (Å²) < 4.78 is 0. The van der Waals surface area contributed by atoms with Crippen molar-refractivity contribution in [1.29, 1.82) is 0 Å². The average Bonchev–Trinajstić information content (AvgIpc) is 2.86. The molecule has 4 N–H and O–H groups in total. The Hall–Kier alpha value is -3.15. The fraction of sp³-hybridized carbons (Fsp3) is 0.367. The van der Waals surface area contributed by atoms with Crippen molar-refractivity contribution in [3.63, 3.8) is 0 Å². The van der Waals surface area contributed by atoms with Crippen molar-refractivity contribution in [3.8, 4) is 11.1 Å².